The van der Waals surface area contributed by atoms with Gasteiger partial charge < -0.3 is 14.8 Å². The molecule has 18 heavy (non-hydrogen) atoms. The summed E-state index contributed by atoms with van der Waals surface area (Å²) in [7, 11) is 0. The first-order chi connectivity index (χ1) is 8.58. The second-order valence-corrected chi connectivity index (χ2v) is 4.74. The molecule has 2 rings (SSSR count). The first-order valence-corrected chi connectivity index (χ1v) is 6.20. The van der Waals surface area contributed by atoms with Crippen LogP contribution in [-0.2, 0) is 0 Å². The Morgan fingerprint density at radius 2 is 2.22 bits per heavy atom. The van der Waals surface area contributed by atoms with Gasteiger partial charge in [0.25, 0.3) is 0 Å². The van der Waals surface area contributed by atoms with Crippen molar-refractivity contribution in [3.05, 3.63) is 52.4 Å². The summed E-state index contributed by atoms with van der Waals surface area (Å²) in [6.45, 7) is 1.97. The quantitative estimate of drug-likeness (QED) is 0.898. The highest BCUT2D eigenvalue weighted by Gasteiger charge is 2.11. The summed E-state index contributed by atoms with van der Waals surface area (Å²) in [4.78, 5) is 10.9. The summed E-state index contributed by atoms with van der Waals surface area (Å²) < 4.78 is 5.84. The van der Waals surface area contributed by atoms with E-state index in [9.17, 15) is 4.79 Å². The molecule has 1 atom stereocenters. The molecule has 0 radical (unpaired) electrons. The largest absolute Gasteiger partial charge is 0.478 e. The zero-order chi connectivity index (χ0) is 13.1. The van der Waals surface area contributed by atoms with Crippen LogP contribution in [0.5, 0.6) is 0 Å². The number of hydrogen-bond acceptors (Lipinski definition) is 3. The van der Waals surface area contributed by atoms with E-state index in [2.05, 4.69) is 21.2 Å². The highest BCUT2D eigenvalue weighted by Crippen LogP contribution is 2.25. The molecule has 1 unspecified atom stereocenters. The van der Waals surface area contributed by atoms with Gasteiger partial charge in [0.05, 0.1) is 17.9 Å². The van der Waals surface area contributed by atoms with Crippen LogP contribution in [-0.4, -0.2) is 11.1 Å². The van der Waals surface area contributed by atoms with Crippen molar-refractivity contribution in [3.8, 4) is 0 Å². The number of furan rings is 1. The lowest BCUT2D eigenvalue weighted by Gasteiger charge is -2.13. The number of halogens is 1. The Morgan fingerprint density at radius 1 is 1.44 bits per heavy atom. The Kier molecular flexibility index (Phi) is 3.72. The van der Waals surface area contributed by atoms with Gasteiger partial charge in [-0.2, -0.15) is 0 Å². The molecule has 0 aliphatic heterocycles. The number of carbonyl (C=O) groups is 1. The zero-order valence-corrected chi connectivity index (χ0v) is 11.3. The van der Waals surface area contributed by atoms with Gasteiger partial charge >= 0.3 is 5.97 Å². The summed E-state index contributed by atoms with van der Waals surface area (Å²) in [5.74, 6) is -0.124. The van der Waals surface area contributed by atoms with Crippen LogP contribution in [0.4, 0.5) is 5.69 Å². The van der Waals surface area contributed by atoms with Gasteiger partial charge in [0.15, 0.2) is 0 Å². The average Bonchev–Trinajstić information content (AvgIpc) is 2.81. The summed E-state index contributed by atoms with van der Waals surface area (Å²) in [5, 5.41) is 12.2. The van der Waals surface area contributed by atoms with Gasteiger partial charge in [-0.25, -0.2) is 4.79 Å². The number of anilines is 1. The first kappa shape index (κ1) is 12.7. The number of nitrogens with one attached hydrogen (secondary N) is 1. The molecule has 0 spiro atoms. The number of rotatable bonds is 4. The standard InChI is InChI=1S/C13H12BrNO3/c1-8(12-3-2-6-18-12)15-9-4-5-10(13(16)17)11(14)7-9/h2-8,15H,1H3,(H,16,17). The van der Waals surface area contributed by atoms with Crippen molar-refractivity contribution >= 4 is 27.6 Å². The lowest BCUT2D eigenvalue weighted by molar-refractivity contribution is 0.0696. The van der Waals surface area contributed by atoms with Gasteiger partial charge in [0.1, 0.15) is 5.76 Å². The third-order valence-corrected chi connectivity index (χ3v) is 3.21. The SMILES string of the molecule is CC(Nc1ccc(C(=O)O)c(Br)c1)c1ccco1. The van der Waals surface area contributed by atoms with Crippen molar-refractivity contribution in [2.45, 2.75) is 13.0 Å². The fourth-order valence-corrected chi connectivity index (χ4v) is 2.19. The highest BCUT2D eigenvalue weighted by molar-refractivity contribution is 9.10. The molecule has 1 heterocycles. The second-order valence-electron chi connectivity index (χ2n) is 3.88. The summed E-state index contributed by atoms with van der Waals surface area (Å²) in [6, 6.07) is 8.76. The molecule has 1 aromatic carbocycles. The third-order valence-electron chi connectivity index (χ3n) is 2.55. The predicted octanol–water partition coefficient (Wildman–Crippen LogP) is 3.91. The maximum Gasteiger partial charge on any atom is 0.336 e. The van der Waals surface area contributed by atoms with E-state index >= 15 is 0 Å². The van der Waals surface area contributed by atoms with Crippen LogP contribution in [0.25, 0.3) is 0 Å². The molecule has 4 nitrogen and oxygen atoms in total. The first-order valence-electron chi connectivity index (χ1n) is 5.40. The van der Waals surface area contributed by atoms with Crippen molar-refractivity contribution in [1.29, 1.82) is 0 Å². The molecule has 0 bridgehead atoms. The normalized spacial score (nSPS) is 12.1. The van der Waals surface area contributed by atoms with Crippen molar-refractivity contribution in [1.82, 2.24) is 0 Å². The van der Waals surface area contributed by atoms with E-state index < -0.39 is 5.97 Å². The van der Waals surface area contributed by atoms with E-state index in [0.717, 1.165) is 11.4 Å². The molecular formula is C13H12BrNO3. The Labute approximate surface area is 113 Å². The zero-order valence-electron chi connectivity index (χ0n) is 9.68. The molecule has 0 aliphatic carbocycles. The number of carboxylic acid groups (broad SMARTS) is 1. The van der Waals surface area contributed by atoms with Gasteiger partial charge in [0.2, 0.25) is 0 Å². The molecule has 0 amide bonds. The van der Waals surface area contributed by atoms with Crippen LogP contribution >= 0.6 is 15.9 Å². The van der Waals surface area contributed by atoms with Gasteiger partial charge in [-0.05, 0) is 53.2 Å². The van der Waals surface area contributed by atoms with Crippen LogP contribution < -0.4 is 5.32 Å². The van der Waals surface area contributed by atoms with Crippen molar-refractivity contribution in [2.75, 3.05) is 5.32 Å². The molecule has 2 aromatic rings. The summed E-state index contributed by atoms with van der Waals surface area (Å²) >= 11 is 3.24. The minimum Gasteiger partial charge on any atom is -0.478 e. The second kappa shape index (κ2) is 5.27. The third kappa shape index (κ3) is 2.73. The maximum atomic E-state index is 10.9. The fourth-order valence-electron chi connectivity index (χ4n) is 1.64. The Bertz CT molecular complexity index is 551. The van der Waals surface area contributed by atoms with Crippen LogP contribution in [0.2, 0.25) is 0 Å². The van der Waals surface area contributed by atoms with Crippen molar-refractivity contribution in [2.24, 2.45) is 0 Å². The topological polar surface area (TPSA) is 62.5 Å². The van der Waals surface area contributed by atoms with Crippen LogP contribution in [0, 0.1) is 0 Å². The number of carboxylic acids is 1. The van der Waals surface area contributed by atoms with E-state index in [1.54, 1.807) is 24.5 Å². The lowest BCUT2D eigenvalue weighted by Crippen LogP contribution is -2.06. The molecule has 0 saturated carbocycles. The predicted molar refractivity (Wildman–Crippen MR) is 71.8 cm³/mol. The number of aromatic carboxylic acids is 1. The van der Waals surface area contributed by atoms with Crippen LogP contribution in [0.1, 0.15) is 29.1 Å². The van der Waals surface area contributed by atoms with Gasteiger partial charge in [0, 0.05) is 10.2 Å². The highest BCUT2D eigenvalue weighted by atomic mass is 79.9. The maximum absolute atomic E-state index is 10.9. The summed E-state index contributed by atoms with van der Waals surface area (Å²) in [6.07, 6.45) is 1.62. The molecule has 2 N–H and O–H groups in total. The van der Waals surface area contributed by atoms with Gasteiger partial charge in [-0.15, -0.1) is 0 Å². The molecule has 0 fully saturated rings. The Hall–Kier alpha value is -1.75. The van der Waals surface area contributed by atoms with Gasteiger partial charge in [-0.3, -0.25) is 0 Å². The molecular weight excluding hydrogens is 298 g/mol. The number of hydrogen-bond donors (Lipinski definition) is 2. The van der Waals surface area contributed by atoms with E-state index in [1.165, 1.54) is 0 Å². The molecule has 5 heteroatoms. The minimum atomic E-state index is -0.951. The monoisotopic (exact) mass is 309 g/mol. The van der Waals surface area contributed by atoms with E-state index in [4.69, 9.17) is 9.52 Å². The average molecular weight is 310 g/mol. The molecule has 0 saturated heterocycles. The van der Waals surface area contributed by atoms with Gasteiger partial charge in [-0.1, -0.05) is 0 Å². The Morgan fingerprint density at radius 3 is 2.78 bits per heavy atom. The number of benzene rings is 1. The molecule has 1 aromatic heterocycles. The Balaban J connectivity index is 2.15. The van der Waals surface area contributed by atoms with E-state index in [0.29, 0.717) is 4.47 Å². The van der Waals surface area contributed by atoms with E-state index in [1.807, 2.05) is 19.1 Å². The lowest BCUT2D eigenvalue weighted by atomic mass is 10.2. The summed E-state index contributed by atoms with van der Waals surface area (Å²) in [5.41, 5.74) is 1.07. The fraction of sp³-hybridized carbons (Fsp3) is 0.154. The minimum absolute atomic E-state index is 0.0163. The molecule has 94 valence electrons. The van der Waals surface area contributed by atoms with Crippen molar-refractivity contribution in [3.63, 3.8) is 0 Å². The molecule has 0 aliphatic rings. The van der Waals surface area contributed by atoms with Crippen molar-refractivity contribution < 1.29 is 14.3 Å². The smallest absolute Gasteiger partial charge is 0.336 e. The van der Waals surface area contributed by atoms with E-state index in [-0.39, 0.29) is 11.6 Å². The van der Waals surface area contributed by atoms with Crippen LogP contribution in [0.3, 0.4) is 0 Å². The van der Waals surface area contributed by atoms with Crippen LogP contribution in [0.15, 0.2) is 45.5 Å².